The zero-order valence-corrected chi connectivity index (χ0v) is 17.0. The molecule has 0 spiro atoms. The van der Waals surface area contributed by atoms with E-state index in [-0.39, 0.29) is 12.5 Å². The number of hydrogen-bond donors (Lipinski definition) is 1. The number of fused-ring (bicyclic) bond motifs is 1. The Labute approximate surface area is 176 Å². The van der Waals surface area contributed by atoms with E-state index in [4.69, 9.17) is 9.57 Å². The van der Waals surface area contributed by atoms with Gasteiger partial charge in [0.05, 0.1) is 36.7 Å². The highest BCUT2D eigenvalue weighted by atomic mass is 32.1. The van der Waals surface area contributed by atoms with E-state index in [0.717, 1.165) is 26.5 Å². The number of rotatable bonds is 8. The van der Waals surface area contributed by atoms with Gasteiger partial charge in [-0.3, -0.25) is 9.63 Å². The molecule has 0 bridgehead atoms. The second-order valence-corrected chi connectivity index (χ2v) is 7.47. The zero-order chi connectivity index (χ0) is 20.8. The molecule has 0 aliphatic rings. The van der Waals surface area contributed by atoms with Crippen LogP contribution in [-0.2, 0) is 22.8 Å². The summed E-state index contributed by atoms with van der Waals surface area (Å²) in [5.74, 6) is 0.381. The normalized spacial score (nSPS) is 11.2. The van der Waals surface area contributed by atoms with Crippen LogP contribution < -0.4 is 10.2 Å². The van der Waals surface area contributed by atoms with Gasteiger partial charge in [-0.1, -0.05) is 29.5 Å². The van der Waals surface area contributed by atoms with Gasteiger partial charge in [0, 0.05) is 6.08 Å². The maximum atomic E-state index is 11.9. The third-order valence-corrected chi connectivity index (χ3v) is 5.19. The van der Waals surface area contributed by atoms with Crippen molar-refractivity contribution >= 4 is 33.5 Å². The molecule has 30 heavy (non-hydrogen) atoms. The van der Waals surface area contributed by atoms with Crippen LogP contribution in [0.1, 0.15) is 16.3 Å². The van der Waals surface area contributed by atoms with Gasteiger partial charge < -0.3 is 4.74 Å². The van der Waals surface area contributed by atoms with E-state index in [2.05, 4.69) is 20.8 Å². The summed E-state index contributed by atoms with van der Waals surface area (Å²) in [5, 5.41) is 9.08. The number of hydroxylamine groups is 1. The quantitative estimate of drug-likeness (QED) is 0.347. The number of nitrogens with one attached hydrogen (secondary N) is 1. The average Bonchev–Trinajstić information content (AvgIpc) is 3.39. The number of para-hydroxylation sites is 1. The van der Waals surface area contributed by atoms with Crippen LogP contribution in [-0.4, -0.2) is 33.0 Å². The van der Waals surface area contributed by atoms with Crippen LogP contribution in [0.5, 0.6) is 5.75 Å². The van der Waals surface area contributed by atoms with Crippen LogP contribution in [0.2, 0.25) is 0 Å². The Hall–Kier alpha value is -3.56. The van der Waals surface area contributed by atoms with E-state index in [1.165, 1.54) is 6.08 Å². The van der Waals surface area contributed by atoms with Crippen LogP contribution in [0.3, 0.4) is 0 Å². The number of carbonyl (C=O) groups is 1. The molecule has 9 heteroatoms. The molecule has 4 rings (SSSR count). The minimum atomic E-state index is -0.385. The first-order valence-corrected chi connectivity index (χ1v) is 9.98. The lowest BCUT2D eigenvalue weighted by atomic mass is 10.2. The number of methoxy groups -OCH3 is 1. The van der Waals surface area contributed by atoms with Gasteiger partial charge in [0.25, 0.3) is 5.91 Å². The summed E-state index contributed by atoms with van der Waals surface area (Å²) in [7, 11) is 1.61. The highest BCUT2D eigenvalue weighted by molar-refractivity contribution is 7.18. The first kappa shape index (κ1) is 19.7. The Morgan fingerprint density at radius 1 is 1.20 bits per heavy atom. The fraction of sp³-hybridized carbons (Fsp3) is 0.143. The first-order valence-electron chi connectivity index (χ1n) is 9.17. The predicted molar refractivity (Wildman–Crippen MR) is 114 cm³/mol. The van der Waals surface area contributed by atoms with Crippen molar-refractivity contribution in [3.63, 3.8) is 0 Å². The van der Waals surface area contributed by atoms with Crippen molar-refractivity contribution in [2.24, 2.45) is 0 Å². The Morgan fingerprint density at radius 2 is 2.03 bits per heavy atom. The van der Waals surface area contributed by atoms with Gasteiger partial charge in [-0.15, -0.1) is 16.4 Å². The van der Waals surface area contributed by atoms with Gasteiger partial charge in [-0.2, -0.15) is 0 Å². The van der Waals surface area contributed by atoms with Gasteiger partial charge in [-0.25, -0.2) is 15.1 Å². The monoisotopic (exact) mass is 421 g/mol. The number of amides is 1. The molecule has 0 aliphatic heterocycles. The van der Waals surface area contributed by atoms with E-state index in [1.807, 2.05) is 48.5 Å². The fourth-order valence-electron chi connectivity index (χ4n) is 2.70. The van der Waals surface area contributed by atoms with Crippen molar-refractivity contribution in [1.29, 1.82) is 0 Å². The maximum absolute atomic E-state index is 11.9. The Balaban J connectivity index is 1.26. The molecule has 2 aromatic heterocycles. The van der Waals surface area contributed by atoms with Crippen LogP contribution in [0.4, 0.5) is 0 Å². The highest BCUT2D eigenvalue weighted by Gasteiger charge is 2.06. The summed E-state index contributed by atoms with van der Waals surface area (Å²) in [5.41, 5.74) is 4.83. The first-order chi connectivity index (χ1) is 14.7. The second kappa shape index (κ2) is 9.29. The van der Waals surface area contributed by atoms with Crippen LogP contribution >= 0.6 is 11.3 Å². The number of hydrogen-bond acceptors (Lipinski definition) is 7. The molecule has 0 saturated heterocycles. The van der Waals surface area contributed by atoms with Gasteiger partial charge in [-0.05, 0) is 35.9 Å². The molecule has 2 heterocycles. The number of aromatic nitrogens is 4. The molecule has 1 amide bonds. The summed E-state index contributed by atoms with van der Waals surface area (Å²) >= 11 is 1.62. The lowest BCUT2D eigenvalue weighted by Crippen LogP contribution is -2.21. The second-order valence-electron chi connectivity index (χ2n) is 6.35. The number of benzene rings is 2. The Kier molecular flexibility index (Phi) is 6.11. The summed E-state index contributed by atoms with van der Waals surface area (Å²) in [4.78, 5) is 21.7. The van der Waals surface area contributed by atoms with Crippen molar-refractivity contribution in [2.45, 2.75) is 13.2 Å². The van der Waals surface area contributed by atoms with Gasteiger partial charge in [0.15, 0.2) is 0 Å². The van der Waals surface area contributed by atoms with E-state index in [0.29, 0.717) is 12.2 Å². The molecule has 0 unspecified atom stereocenters. The van der Waals surface area contributed by atoms with Crippen molar-refractivity contribution in [1.82, 2.24) is 25.5 Å². The average molecular weight is 421 g/mol. The minimum absolute atomic E-state index is 0.252. The lowest BCUT2D eigenvalue weighted by molar-refractivity contribution is -0.129. The standard InChI is InChI=1S/C21H19N5O3S/c1-28-17-9-6-15(7-10-17)14-29-24-20(27)11-8-16-12-26(25-23-16)13-21-22-18-4-2-3-5-19(18)30-21/h2-12H,13-14H2,1H3,(H,24,27)/b11-8+. The molecule has 0 aliphatic carbocycles. The van der Waals surface area contributed by atoms with Crippen LogP contribution in [0.15, 0.2) is 60.8 Å². The molecule has 0 fully saturated rings. The molecular formula is C21H19N5O3S. The summed E-state index contributed by atoms with van der Waals surface area (Å²) < 4.78 is 7.93. The third-order valence-electron chi connectivity index (χ3n) is 4.17. The molecule has 8 nitrogen and oxygen atoms in total. The maximum Gasteiger partial charge on any atom is 0.267 e. The number of nitrogens with zero attached hydrogens (tertiary/aromatic N) is 4. The minimum Gasteiger partial charge on any atom is -0.497 e. The van der Waals surface area contributed by atoms with E-state index in [9.17, 15) is 4.79 Å². The van der Waals surface area contributed by atoms with Crippen LogP contribution in [0.25, 0.3) is 16.3 Å². The molecule has 1 N–H and O–H groups in total. The number of thiazole rings is 1. The largest absolute Gasteiger partial charge is 0.497 e. The number of carbonyl (C=O) groups excluding carboxylic acids is 1. The van der Waals surface area contributed by atoms with E-state index in [1.54, 1.807) is 35.4 Å². The fourth-order valence-corrected chi connectivity index (χ4v) is 3.66. The molecule has 152 valence electrons. The molecule has 0 atom stereocenters. The van der Waals surface area contributed by atoms with Crippen molar-refractivity contribution < 1.29 is 14.4 Å². The smallest absolute Gasteiger partial charge is 0.267 e. The summed E-state index contributed by atoms with van der Waals surface area (Å²) in [6.45, 7) is 0.777. The lowest BCUT2D eigenvalue weighted by Gasteiger charge is -2.04. The van der Waals surface area contributed by atoms with Gasteiger partial charge >= 0.3 is 0 Å². The SMILES string of the molecule is COc1ccc(CONC(=O)/C=C/c2cn(Cc3nc4ccccc4s3)nn2)cc1. The molecule has 0 saturated carbocycles. The van der Waals surface area contributed by atoms with Gasteiger partial charge in [0.1, 0.15) is 16.5 Å². The highest BCUT2D eigenvalue weighted by Crippen LogP contribution is 2.22. The molecule has 2 aromatic carbocycles. The Bertz CT molecular complexity index is 1130. The van der Waals surface area contributed by atoms with Crippen molar-refractivity contribution in [3.05, 3.63) is 77.1 Å². The summed E-state index contributed by atoms with van der Waals surface area (Å²) in [6, 6.07) is 15.4. The summed E-state index contributed by atoms with van der Waals surface area (Å²) in [6.07, 6.45) is 4.68. The molecular weight excluding hydrogens is 402 g/mol. The van der Waals surface area contributed by atoms with Gasteiger partial charge in [0.2, 0.25) is 0 Å². The van der Waals surface area contributed by atoms with E-state index >= 15 is 0 Å². The molecule has 0 radical (unpaired) electrons. The predicted octanol–water partition coefficient (Wildman–Crippen LogP) is 3.21. The van der Waals surface area contributed by atoms with Crippen molar-refractivity contribution in [3.8, 4) is 5.75 Å². The Morgan fingerprint density at radius 3 is 2.83 bits per heavy atom. The van der Waals surface area contributed by atoms with Crippen molar-refractivity contribution in [2.75, 3.05) is 7.11 Å². The molecule has 4 aromatic rings. The topological polar surface area (TPSA) is 91.2 Å². The number of ether oxygens (including phenoxy) is 1. The third kappa shape index (κ3) is 5.07. The van der Waals surface area contributed by atoms with E-state index < -0.39 is 0 Å². The van der Waals surface area contributed by atoms with Crippen LogP contribution in [0, 0.1) is 0 Å². The zero-order valence-electron chi connectivity index (χ0n) is 16.2.